The van der Waals surface area contributed by atoms with Gasteiger partial charge in [0.25, 0.3) is 5.91 Å². The van der Waals surface area contributed by atoms with Gasteiger partial charge in [0.2, 0.25) is 5.89 Å². The zero-order valence-electron chi connectivity index (χ0n) is 14.7. The molecule has 2 saturated heterocycles. The molecule has 2 aliphatic rings. The molecule has 0 radical (unpaired) electrons. The second kappa shape index (κ2) is 6.81. The third kappa shape index (κ3) is 3.12. The van der Waals surface area contributed by atoms with E-state index in [4.69, 9.17) is 13.9 Å². The standard InChI is InChI=1S/C19H21FN2O4/c1-13-16(21-17(26-13)14-4-2-3-5-15(14)20)18(23)22-8-11-25-19(12-22)6-9-24-10-7-19/h2-5H,6-12H2,1H3. The predicted octanol–water partition coefficient (Wildman–Crippen LogP) is 2.81. The maximum Gasteiger partial charge on any atom is 0.276 e. The molecule has 2 aromatic rings. The van der Waals surface area contributed by atoms with Gasteiger partial charge in [0.1, 0.15) is 11.6 Å². The van der Waals surface area contributed by atoms with E-state index in [1.165, 1.54) is 6.07 Å². The van der Waals surface area contributed by atoms with Gasteiger partial charge in [-0.15, -0.1) is 0 Å². The molecule has 3 heterocycles. The zero-order chi connectivity index (χ0) is 18.1. The van der Waals surface area contributed by atoms with Crippen LogP contribution < -0.4 is 0 Å². The van der Waals surface area contributed by atoms with Gasteiger partial charge in [0.05, 0.1) is 24.3 Å². The number of hydrogen-bond donors (Lipinski definition) is 0. The highest BCUT2D eigenvalue weighted by Gasteiger charge is 2.40. The Morgan fingerprint density at radius 1 is 1.23 bits per heavy atom. The minimum Gasteiger partial charge on any atom is -0.440 e. The summed E-state index contributed by atoms with van der Waals surface area (Å²) in [6, 6.07) is 6.23. The largest absolute Gasteiger partial charge is 0.440 e. The first-order valence-electron chi connectivity index (χ1n) is 8.81. The van der Waals surface area contributed by atoms with Crippen molar-refractivity contribution in [3.63, 3.8) is 0 Å². The molecule has 1 aromatic heterocycles. The zero-order valence-corrected chi connectivity index (χ0v) is 14.7. The SMILES string of the molecule is Cc1oc(-c2ccccc2F)nc1C(=O)N1CCOC2(CCOCC2)C1. The summed E-state index contributed by atoms with van der Waals surface area (Å²) in [6.07, 6.45) is 1.55. The molecular formula is C19H21FN2O4. The minimum atomic E-state index is -0.430. The number of oxazole rings is 1. The van der Waals surface area contributed by atoms with Crippen LogP contribution in [0.25, 0.3) is 11.5 Å². The molecule has 138 valence electrons. The van der Waals surface area contributed by atoms with Gasteiger partial charge >= 0.3 is 0 Å². The molecule has 0 unspecified atom stereocenters. The van der Waals surface area contributed by atoms with Gasteiger partial charge in [-0.2, -0.15) is 0 Å². The summed E-state index contributed by atoms with van der Waals surface area (Å²) in [6.45, 7) is 4.46. The Hall–Kier alpha value is -2.25. The van der Waals surface area contributed by atoms with Crippen molar-refractivity contribution in [3.05, 3.63) is 41.5 Å². The smallest absolute Gasteiger partial charge is 0.276 e. The van der Waals surface area contributed by atoms with Crippen LogP contribution in [0.15, 0.2) is 28.7 Å². The molecule has 7 heteroatoms. The van der Waals surface area contributed by atoms with Gasteiger partial charge in [-0.1, -0.05) is 12.1 Å². The number of halogens is 1. The monoisotopic (exact) mass is 360 g/mol. The van der Waals surface area contributed by atoms with Crippen LogP contribution in [-0.4, -0.2) is 54.3 Å². The normalized spacial score (nSPS) is 19.7. The molecule has 2 aliphatic heterocycles. The number of aryl methyl sites for hydroxylation is 1. The average molecular weight is 360 g/mol. The number of carbonyl (C=O) groups excluding carboxylic acids is 1. The average Bonchev–Trinajstić information content (AvgIpc) is 3.03. The van der Waals surface area contributed by atoms with Crippen LogP contribution in [0.2, 0.25) is 0 Å². The molecule has 0 aliphatic carbocycles. The molecule has 0 N–H and O–H groups in total. The van der Waals surface area contributed by atoms with Crippen LogP contribution in [0.3, 0.4) is 0 Å². The van der Waals surface area contributed by atoms with Gasteiger partial charge in [0.15, 0.2) is 5.69 Å². The number of aromatic nitrogens is 1. The van der Waals surface area contributed by atoms with Crippen molar-refractivity contribution in [2.24, 2.45) is 0 Å². The van der Waals surface area contributed by atoms with Gasteiger partial charge in [0, 0.05) is 32.6 Å². The summed E-state index contributed by atoms with van der Waals surface area (Å²) in [5, 5.41) is 0. The number of rotatable bonds is 2. The summed E-state index contributed by atoms with van der Waals surface area (Å²) < 4.78 is 31.0. The first-order chi connectivity index (χ1) is 12.6. The lowest BCUT2D eigenvalue weighted by molar-refractivity contribution is -0.146. The number of carbonyl (C=O) groups is 1. The van der Waals surface area contributed by atoms with E-state index in [0.717, 1.165) is 12.8 Å². The second-order valence-corrected chi connectivity index (χ2v) is 6.77. The first-order valence-corrected chi connectivity index (χ1v) is 8.81. The molecule has 1 aromatic carbocycles. The van der Waals surface area contributed by atoms with Gasteiger partial charge in [-0.25, -0.2) is 9.37 Å². The van der Waals surface area contributed by atoms with E-state index >= 15 is 0 Å². The fourth-order valence-electron chi connectivity index (χ4n) is 3.56. The van der Waals surface area contributed by atoms with Crippen LogP contribution in [-0.2, 0) is 9.47 Å². The Kier molecular flexibility index (Phi) is 4.50. The van der Waals surface area contributed by atoms with E-state index in [0.29, 0.717) is 38.7 Å². The summed E-state index contributed by atoms with van der Waals surface area (Å²) in [5.41, 5.74) is 0.142. The predicted molar refractivity (Wildman–Crippen MR) is 91.3 cm³/mol. The minimum absolute atomic E-state index is 0.123. The number of amides is 1. The van der Waals surface area contributed by atoms with Crippen molar-refractivity contribution in [1.29, 1.82) is 0 Å². The number of ether oxygens (including phenoxy) is 2. The fraction of sp³-hybridized carbons (Fsp3) is 0.474. The molecular weight excluding hydrogens is 339 g/mol. The van der Waals surface area contributed by atoms with Crippen LogP contribution in [0.5, 0.6) is 0 Å². The van der Waals surface area contributed by atoms with Gasteiger partial charge < -0.3 is 18.8 Å². The van der Waals surface area contributed by atoms with Crippen LogP contribution in [0.4, 0.5) is 4.39 Å². The molecule has 1 spiro atoms. The fourth-order valence-corrected chi connectivity index (χ4v) is 3.56. The van der Waals surface area contributed by atoms with Crippen molar-refractivity contribution in [2.45, 2.75) is 25.4 Å². The summed E-state index contributed by atoms with van der Waals surface area (Å²) in [5.74, 6) is -0.123. The Morgan fingerprint density at radius 2 is 2.00 bits per heavy atom. The lowest BCUT2D eigenvalue weighted by Crippen LogP contribution is -2.56. The Morgan fingerprint density at radius 3 is 2.77 bits per heavy atom. The van der Waals surface area contributed by atoms with Crippen molar-refractivity contribution < 1.29 is 23.1 Å². The molecule has 0 atom stereocenters. The Bertz CT molecular complexity index is 808. The van der Waals surface area contributed by atoms with E-state index in [1.807, 2.05) is 0 Å². The third-order valence-corrected chi connectivity index (χ3v) is 5.04. The van der Waals surface area contributed by atoms with Crippen molar-refractivity contribution >= 4 is 5.91 Å². The number of nitrogens with zero attached hydrogens (tertiary/aromatic N) is 2. The Balaban J connectivity index is 1.57. The maximum atomic E-state index is 14.0. The van der Waals surface area contributed by atoms with E-state index in [1.54, 1.807) is 30.0 Å². The van der Waals surface area contributed by atoms with Crippen LogP contribution in [0.1, 0.15) is 29.1 Å². The van der Waals surface area contributed by atoms with Gasteiger partial charge in [-0.3, -0.25) is 4.79 Å². The number of benzene rings is 1. The van der Waals surface area contributed by atoms with Crippen LogP contribution in [0, 0.1) is 12.7 Å². The highest BCUT2D eigenvalue weighted by molar-refractivity contribution is 5.93. The van der Waals surface area contributed by atoms with E-state index < -0.39 is 5.82 Å². The van der Waals surface area contributed by atoms with E-state index in [-0.39, 0.29) is 28.7 Å². The highest BCUT2D eigenvalue weighted by atomic mass is 19.1. The summed E-state index contributed by atoms with van der Waals surface area (Å²) in [7, 11) is 0. The Labute approximate surface area is 150 Å². The highest BCUT2D eigenvalue weighted by Crippen LogP contribution is 2.31. The molecule has 4 rings (SSSR count). The molecule has 0 saturated carbocycles. The van der Waals surface area contributed by atoms with Crippen molar-refractivity contribution in [1.82, 2.24) is 9.88 Å². The van der Waals surface area contributed by atoms with Crippen LogP contribution >= 0.6 is 0 Å². The lowest BCUT2D eigenvalue weighted by Gasteiger charge is -2.44. The quantitative estimate of drug-likeness (QED) is 0.824. The number of morpholine rings is 1. The second-order valence-electron chi connectivity index (χ2n) is 6.77. The number of hydrogen-bond acceptors (Lipinski definition) is 5. The maximum absolute atomic E-state index is 14.0. The molecule has 0 bridgehead atoms. The molecule has 6 nitrogen and oxygen atoms in total. The van der Waals surface area contributed by atoms with Crippen molar-refractivity contribution in [2.75, 3.05) is 32.9 Å². The van der Waals surface area contributed by atoms with E-state index in [2.05, 4.69) is 4.98 Å². The van der Waals surface area contributed by atoms with Crippen molar-refractivity contribution in [3.8, 4) is 11.5 Å². The molecule has 26 heavy (non-hydrogen) atoms. The lowest BCUT2D eigenvalue weighted by atomic mass is 9.92. The van der Waals surface area contributed by atoms with Gasteiger partial charge in [-0.05, 0) is 19.1 Å². The summed E-state index contributed by atoms with van der Waals surface area (Å²) in [4.78, 5) is 19.0. The summed E-state index contributed by atoms with van der Waals surface area (Å²) >= 11 is 0. The topological polar surface area (TPSA) is 64.8 Å². The first kappa shape index (κ1) is 17.2. The third-order valence-electron chi connectivity index (χ3n) is 5.04. The molecule has 1 amide bonds. The van der Waals surface area contributed by atoms with E-state index in [9.17, 15) is 9.18 Å². The molecule has 2 fully saturated rings.